The van der Waals surface area contributed by atoms with Gasteiger partial charge in [0.25, 0.3) is 5.89 Å². The minimum absolute atomic E-state index is 0.106. The molecule has 0 saturated carbocycles. The van der Waals surface area contributed by atoms with E-state index in [1.165, 1.54) is 4.68 Å². The van der Waals surface area contributed by atoms with E-state index in [4.69, 9.17) is 9.15 Å². The molecule has 7 nitrogen and oxygen atoms in total. The van der Waals surface area contributed by atoms with Crippen LogP contribution in [0.1, 0.15) is 18.9 Å². The van der Waals surface area contributed by atoms with Crippen molar-refractivity contribution in [2.75, 3.05) is 31.6 Å². The summed E-state index contributed by atoms with van der Waals surface area (Å²) in [6, 6.07) is 5.77. The fraction of sp³-hybridized carbons (Fsp3) is 0.467. The highest BCUT2D eigenvalue weighted by molar-refractivity contribution is 5.78. The predicted molar refractivity (Wildman–Crippen MR) is 81.3 cm³/mol. The highest BCUT2D eigenvalue weighted by atomic mass is 16.5. The molecular formula is C15H18N4O3. The van der Waals surface area contributed by atoms with Crippen molar-refractivity contribution in [3.05, 3.63) is 28.7 Å². The first-order valence-electron chi connectivity index (χ1n) is 7.63. The van der Waals surface area contributed by atoms with Crippen molar-refractivity contribution in [3.63, 3.8) is 0 Å². The molecule has 2 aliphatic heterocycles. The fourth-order valence-electron chi connectivity index (χ4n) is 3.03. The number of nitrogens with one attached hydrogen (secondary N) is 2. The molecule has 4 rings (SSSR count). The van der Waals surface area contributed by atoms with Gasteiger partial charge in [-0.25, -0.2) is 4.79 Å². The molecule has 2 N–H and O–H groups in total. The Morgan fingerprint density at radius 3 is 2.95 bits per heavy atom. The Morgan fingerprint density at radius 2 is 2.09 bits per heavy atom. The minimum Gasteiger partial charge on any atom is -0.490 e. The van der Waals surface area contributed by atoms with Crippen LogP contribution in [0.15, 0.2) is 27.4 Å². The van der Waals surface area contributed by atoms with Crippen LogP contribution in [-0.4, -0.2) is 36.0 Å². The maximum atomic E-state index is 12.1. The van der Waals surface area contributed by atoms with E-state index in [1.807, 2.05) is 18.2 Å². The molecule has 0 radical (unpaired) electrons. The average molecular weight is 302 g/mol. The minimum atomic E-state index is -0.392. The Balaban J connectivity index is 1.73. The Hall–Kier alpha value is -2.28. The van der Waals surface area contributed by atoms with E-state index in [1.54, 1.807) is 0 Å². The van der Waals surface area contributed by atoms with Gasteiger partial charge >= 0.3 is 5.76 Å². The number of fused-ring (bicyclic) bond motifs is 1. The predicted octanol–water partition coefficient (Wildman–Crippen LogP) is 1.23. The van der Waals surface area contributed by atoms with Crippen LogP contribution < -0.4 is 21.1 Å². The average Bonchev–Trinajstić information content (AvgIpc) is 2.97. The second kappa shape index (κ2) is 5.49. The summed E-state index contributed by atoms with van der Waals surface area (Å²) in [5.74, 6) is 0.720. The Morgan fingerprint density at radius 1 is 1.23 bits per heavy atom. The largest absolute Gasteiger partial charge is 0.490 e. The van der Waals surface area contributed by atoms with E-state index in [-0.39, 0.29) is 6.04 Å². The van der Waals surface area contributed by atoms with Gasteiger partial charge in [-0.15, -0.1) is 5.10 Å². The first kappa shape index (κ1) is 13.4. The smallest absolute Gasteiger partial charge is 0.437 e. The number of para-hydroxylation sites is 1. The Kier molecular flexibility index (Phi) is 3.34. The third-order valence-electron chi connectivity index (χ3n) is 4.14. The van der Waals surface area contributed by atoms with Gasteiger partial charge in [-0.1, -0.05) is 6.07 Å². The summed E-state index contributed by atoms with van der Waals surface area (Å²) in [6.45, 7) is 3.15. The topological polar surface area (TPSA) is 81.3 Å². The molecule has 2 aliphatic rings. The van der Waals surface area contributed by atoms with Gasteiger partial charge in [-0.05, 0) is 38.1 Å². The summed E-state index contributed by atoms with van der Waals surface area (Å²) in [4.78, 5) is 12.1. The van der Waals surface area contributed by atoms with Crippen LogP contribution in [0.5, 0.6) is 5.75 Å². The van der Waals surface area contributed by atoms with E-state index >= 15 is 0 Å². The van der Waals surface area contributed by atoms with Crippen molar-refractivity contribution in [2.45, 2.75) is 18.9 Å². The van der Waals surface area contributed by atoms with Gasteiger partial charge in [-0.3, -0.25) is 0 Å². The Bertz CT molecular complexity index is 731. The summed E-state index contributed by atoms with van der Waals surface area (Å²) in [7, 11) is 0. The van der Waals surface area contributed by atoms with Gasteiger partial charge in [0.15, 0.2) is 0 Å². The van der Waals surface area contributed by atoms with Crippen LogP contribution in [0.25, 0.3) is 11.5 Å². The van der Waals surface area contributed by atoms with Crippen molar-refractivity contribution in [2.24, 2.45) is 0 Å². The van der Waals surface area contributed by atoms with Crippen molar-refractivity contribution in [1.29, 1.82) is 0 Å². The van der Waals surface area contributed by atoms with Crippen LogP contribution in [0.2, 0.25) is 0 Å². The van der Waals surface area contributed by atoms with Crippen molar-refractivity contribution < 1.29 is 9.15 Å². The molecule has 0 bridgehead atoms. The van der Waals surface area contributed by atoms with Gasteiger partial charge in [0.2, 0.25) is 0 Å². The molecule has 0 amide bonds. The number of hydrogen-bond donors (Lipinski definition) is 2. The molecule has 1 saturated heterocycles. The standard InChI is InChI=1S/C15H18N4O3/c20-15-19(10-4-6-16-7-5-10)18-14(22-15)11-2-1-3-12-13(11)17-8-9-21-12/h1-3,10,16-17H,4-9H2. The SMILES string of the molecule is O=c1oc(-c2cccc3c2NCCO3)nn1C1CCNCC1. The summed E-state index contributed by atoms with van der Waals surface area (Å²) in [5, 5.41) is 11.0. The Labute approximate surface area is 127 Å². The lowest BCUT2D eigenvalue weighted by Gasteiger charge is -2.21. The van der Waals surface area contributed by atoms with Gasteiger partial charge in [0, 0.05) is 6.54 Å². The number of nitrogens with zero attached hydrogens (tertiary/aromatic N) is 2. The third-order valence-corrected chi connectivity index (χ3v) is 4.14. The van der Waals surface area contributed by atoms with Crippen molar-refractivity contribution >= 4 is 5.69 Å². The van der Waals surface area contributed by atoms with Crippen LogP contribution in [0.4, 0.5) is 5.69 Å². The first-order valence-corrected chi connectivity index (χ1v) is 7.63. The molecule has 1 aromatic heterocycles. The molecule has 0 unspecified atom stereocenters. The zero-order chi connectivity index (χ0) is 14.9. The lowest BCUT2D eigenvalue weighted by Crippen LogP contribution is -2.33. The normalized spacial score (nSPS) is 18.4. The van der Waals surface area contributed by atoms with Crippen LogP contribution in [-0.2, 0) is 0 Å². The highest BCUT2D eigenvalue weighted by Gasteiger charge is 2.23. The second-order valence-electron chi connectivity index (χ2n) is 5.55. The van der Waals surface area contributed by atoms with Crippen LogP contribution in [0, 0.1) is 0 Å². The van der Waals surface area contributed by atoms with Crippen molar-refractivity contribution in [1.82, 2.24) is 15.1 Å². The molecule has 2 aromatic rings. The number of benzene rings is 1. The summed E-state index contributed by atoms with van der Waals surface area (Å²) in [5.41, 5.74) is 1.61. The van der Waals surface area contributed by atoms with E-state index < -0.39 is 5.76 Å². The number of ether oxygens (including phenoxy) is 1. The maximum Gasteiger partial charge on any atom is 0.437 e. The van der Waals surface area contributed by atoms with Crippen LogP contribution >= 0.6 is 0 Å². The van der Waals surface area contributed by atoms with E-state index in [9.17, 15) is 4.79 Å². The third kappa shape index (κ3) is 2.27. The zero-order valence-corrected chi connectivity index (χ0v) is 12.2. The molecule has 0 aliphatic carbocycles. The van der Waals surface area contributed by atoms with Crippen molar-refractivity contribution in [3.8, 4) is 17.2 Å². The molecule has 7 heteroatoms. The van der Waals surface area contributed by atoms with E-state index in [2.05, 4.69) is 15.7 Å². The quantitative estimate of drug-likeness (QED) is 0.868. The van der Waals surface area contributed by atoms with E-state index in [0.29, 0.717) is 12.5 Å². The fourth-order valence-corrected chi connectivity index (χ4v) is 3.03. The van der Waals surface area contributed by atoms with E-state index in [0.717, 1.165) is 49.5 Å². The number of rotatable bonds is 2. The molecule has 22 heavy (non-hydrogen) atoms. The highest BCUT2D eigenvalue weighted by Crippen LogP contribution is 2.36. The molecule has 1 fully saturated rings. The summed E-state index contributed by atoms with van der Waals surface area (Å²) in [6.07, 6.45) is 1.78. The van der Waals surface area contributed by atoms with Gasteiger partial charge in [0.05, 0.1) is 17.3 Å². The molecule has 0 spiro atoms. The lowest BCUT2D eigenvalue weighted by atomic mass is 10.1. The van der Waals surface area contributed by atoms with Gasteiger partial charge in [0.1, 0.15) is 12.4 Å². The molecular weight excluding hydrogens is 284 g/mol. The lowest BCUT2D eigenvalue weighted by molar-refractivity contribution is 0.322. The maximum absolute atomic E-state index is 12.1. The van der Waals surface area contributed by atoms with Gasteiger partial charge in [-0.2, -0.15) is 4.68 Å². The second-order valence-corrected chi connectivity index (χ2v) is 5.55. The summed E-state index contributed by atoms with van der Waals surface area (Å²) < 4.78 is 12.5. The molecule has 0 atom stereocenters. The molecule has 1 aromatic carbocycles. The molecule has 116 valence electrons. The first-order chi connectivity index (χ1) is 10.8. The van der Waals surface area contributed by atoms with Crippen LogP contribution in [0.3, 0.4) is 0 Å². The number of aromatic nitrogens is 2. The summed E-state index contributed by atoms with van der Waals surface area (Å²) >= 11 is 0. The number of anilines is 1. The monoisotopic (exact) mass is 302 g/mol. The number of piperidine rings is 1. The number of hydrogen-bond acceptors (Lipinski definition) is 6. The molecule has 3 heterocycles. The zero-order valence-electron chi connectivity index (χ0n) is 12.2. The van der Waals surface area contributed by atoms with Gasteiger partial charge < -0.3 is 19.8 Å².